The minimum atomic E-state index is -0.298. The number of hydrogen-bond acceptors (Lipinski definition) is 5. The molecule has 0 amide bonds. The fourth-order valence-corrected chi connectivity index (χ4v) is 3.35. The molecule has 0 bridgehead atoms. The molecule has 0 aliphatic heterocycles. The molecule has 2 heterocycles. The van der Waals surface area contributed by atoms with Gasteiger partial charge in [0, 0.05) is 16.1 Å². The summed E-state index contributed by atoms with van der Waals surface area (Å²) in [7, 11) is 1.39. The Morgan fingerprint density at radius 1 is 1.29 bits per heavy atom. The van der Waals surface area contributed by atoms with E-state index in [1.165, 1.54) is 18.6 Å². The van der Waals surface area contributed by atoms with Crippen LogP contribution in [0.3, 0.4) is 0 Å². The molecule has 0 spiro atoms. The highest BCUT2D eigenvalue weighted by molar-refractivity contribution is 7.08. The zero-order chi connectivity index (χ0) is 17.3. The Balaban J connectivity index is 2.20. The minimum Gasteiger partial charge on any atom is -0.469 e. The zero-order valence-electron chi connectivity index (χ0n) is 13.5. The lowest BCUT2D eigenvalue weighted by Crippen LogP contribution is -2.06. The van der Waals surface area contributed by atoms with Crippen LogP contribution in [0.25, 0.3) is 16.3 Å². The summed E-state index contributed by atoms with van der Waals surface area (Å²) < 4.78 is 11.0. The summed E-state index contributed by atoms with van der Waals surface area (Å²) in [6.07, 6.45) is 0.165. The Morgan fingerprint density at radius 3 is 2.58 bits per heavy atom. The van der Waals surface area contributed by atoms with E-state index in [1.807, 2.05) is 48.9 Å². The first-order chi connectivity index (χ1) is 11.5. The summed E-state index contributed by atoms with van der Waals surface area (Å²) >= 11 is 7.38. The fourth-order valence-electron chi connectivity index (χ4n) is 2.50. The number of halogens is 1. The smallest absolute Gasteiger partial charge is 0.310 e. The molecule has 5 nitrogen and oxygen atoms in total. The van der Waals surface area contributed by atoms with Crippen LogP contribution in [-0.4, -0.2) is 27.2 Å². The van der Waals surface area contributed by atoms with Gasteiger partial charge in [-0.1, -0.05) is 23.7 Å². The third-order valence-electron chi connectivity index (χ3n) is 3.68. The SMILES string of the molecule is COC(=O)Cc1c(C)nn(-c2cc(C)ns2)c1-c1ccc(Cl)cc1. The fraction of sp³-hybridized carbons (Fsp3) is 0.235. The predicted octanol–water partition coefficient (Wildman–Crippen LogP) is 3.98. The molecule has 0 aliphatic rings. The molecule has 0 aliphatic carbocycles. The number of rotatable bonds is 4. The highest BCUT2D eigenvalue weighted by Gasteiger charge is 2.21. The summed E-state index contributed by atoms with van der Waals surface area (Å²) in [4.78, 5) is 11.8. The lowest BCUT2D eigenvalue weighted by molar-refractivity contribution is -0.139. The average molecular weight is 362 g/mol. The van der Waals surface area contributed by atoms with Crippen molar-refractivity contribution in [3.8, 4) is 16.3 Å². The normalized spacial score (nSPS) is 10.8. The van der Waals surface area contributed by atoms with Crippen LogP contribution in [0.4, 0.5) is 0 Å². The van der Waals surface area contributed by atoms with Gasteiger partial charge in [-0.05, 0) is 43.6 Å². The summed E-state index contributed by atoms with van der Waals surface area (Å²) in [5.74, 6) is -0.298. The molecular formula is C17H16ClN3O2S. The molecule has 2 aromatic heterocycles. The van der Waals surface area contributed by atoms with Gasteiger partial charge < -0.3 is 4.74 Å². The molecule has 0 N–H and O–H groups in total. The molecule has 3 rings (SSSR count). The van der Waals surface area contributed by atoms with Crippen molar-refractivity contribution in [3.05, 3.63) is 52.3 Å². The van der Waals surface area contributed by atoms with E-state index in [4.69, 9.17) is 16.3 Å². The first kappa shape index (κ1) is 16.7. The van der Waals surface area contributed by atoms with Gasteiger partial charge in [0.05, 0.1) is 30.6 Å². The van der Waals surface area contributed by atoms with Crippen LogP contribution in [0, 0.1) is 13.8 Å². The van der Waals surface area contributed by atoms with E-state index in [0.29, 0.717) is 5.02 Å². The van der Waals surface area contributed by atoms with Crippen LogP contribution in [0.5, 0.6) is 0 Å². The second kappa shape index (κ2) is 6.75. The average Bonchev–Trinajstić information content (AvgIpc) is 3.12. The Bertz CT molecular complexity index is 884. The monoisotopic (exact) mass is 361 g/mol. The van der Waals surface area contributed by atoms with Gasteiger partial charge in [0.15, 0.2) is 0 Å². The molecule has 0 fully saturated rings. The number of esters is 1. The molecule has 0 atom stereocenters. The summed E-state index contributed by atoms with van der Waals surface area (Å²) in [6.45, 7) is 3.83. The van der Waals surface area contributed by atoms with E-state index < -0.39 is 0 Å². The van der Waals surface area contributed by atoms with Crippen molar-refractivity contribution >= 4 is 29.1 Å². The van der Waals surface area contributed by atoms with E-state index in [-0.39, 0.29) is 12.4 Å². The molecule has 3 aromatic rings. The van der Waals surface area contributed by atoms with Gasteiger partial charge in [0.25, 0.3) is 0 Å². The largest absolute Gasteiger partial charge is 0.469 e. The van der Waals surface area contributed by atoms with Crippen LogP contribution in [0.15, 0.2) is 30.3 Å². The Morgan fingerprint density at radius 2 is 2.00 bits per heavy atom. The van der Waals surface area contributed by atoms with Gasteiger partial charge in [-0.25, -0.2) is 4.68 Å². The number of aryl methyl sites for hydroxylation is 2. The Hall–Kier alpha value is -2.18. The molecule has 124 valence electrons. The van der Waals surface area contributed by atoms with Crippen molar-refractivity contribution in [3.63, 3.8) is 0 Å². The standard InChI is InChI=1S/C17H16ClN3O2S/c1-10-8-15(24-20-10)21-17(12-4-6-13(18)7-5-12)14(11(2)19-21)9-16(22)23-3/h4-8H,9H2,1-3H3. The maximum atomic E-state index is 11.8. The molecule has 7 heteroatoms. The predicted molar refractivity (Wildman–Crippen MR) is 94.9 cm³/mol. The number of carbonyl (C=O) groups is 1. The number of nitrogens with zero attached hydrogens (tertiary/aromatic N) is 3. The quantitative estimate of drug-likeness (QED) is 0.659. The maximum Gasteiger partial charge on any atom is 0.310 e. The lowest BCUT2D eigenvalue weighted by Gasteiger charge is -2.08. The minimum absolute atomic E-state index is 0.165. The first-order valence-electron chi connectivity index (χ1n) is 7.34. The molecule has 0 saturated carbocycles. The number of methoxy groups -OCH3 is 1. The summed E-state index contributed by atoms with van der Waals surface area (Å²) in [6, 6.07) is 9.46. The number of aromatic nitrogens is 3. The lowest BCUT2D eigenvalue weighted by atomic mass is 10.0. The summed E-state index contributed by atoms with van der Waals surface area (Å²) in [5, 5.41) is 6.18. The Kier molecular flexibility index (Phi) is 4.69. The molecule has 0 unspecified atom stereocenters. The second-order valence-corrected chi connectivity index (χ2v) is 6.61. The highest BCUT2D eigenvalue weighted by Crippen LogP contribution is 2.31. The number of hydrogen-bond donors (Lipinski definition) is 0. The van der Waals surface area contributed by atoms with Gasteiger partial charge in [-0.15, -0.1) is 0 Å². The van der Waals surface area contributed by atoms with Crippen molar-refractivity contribution in [2.24, 2.45) is 0 Å². The third-order valence-corrected chi connectivity index (χ3v) is 4.78. The van der Waals surface area contributed by atoms with Crippen LogP contribution < -0.4 is 0 Å². The zero-order valence-corrected chi connectivity index (χ0v) is 15.1. The van der Waals surface area contributed by atoms with Gasteiger partial charge in [-0.2, -0.15) is 9.47 Å². The third kappa shape index (κ3) is 3.20. The van der Waals surface area contributed by atoms with Crippen molar-refractivity contribution in [2.75, 3.05) is 7.11 Å². The van der Waals surface area contributed by atoms with Crippen LogP contribution in [-0.2, 0) is 16.0 Å². The Labute approximate surface area is 149 Å². The van der Waals surface area contributed by atoms with Crippen LogP contribution in [0.2, 0.25) is 5.02 Å². The van der Waals surface area contributed by atoms with Gasteiger partial charge in [0.2, 0.25) is 0 Å². The number of ether oxygens (including phenoxy) is 1. The first-order valence-corrected chi connectivity index (χ1v) is 8.49. The number of benzene rings is 1. The molecule has 0 radical (unpaired) electrons. The van der Waals surface area contributed by atoms with E-state index in [9.17, 15) is 4.79 Å². The van der Waals surface area contributed by atoms with Crippen molar-refractivity contribution < 1.29 is 9.53 Å². The van der Waals surface area contributed by atoms with Gasteiger partial charge in [0.1, 0.15) is 5.00 Å². The second-order valence-electron chi connectivity index (χ2n) is 5.39. The van der Waals surface area contributed by atoms with Crippen LogP contribution >= 0.6 is 23.1 Å². The molecule has 24 heavy (non-hydrogen) atoms. The van der Waals surface area contributed by atoms with Gasteiger partial charge >= 0.3 is 5.97 Å². The van der Waals surface area contributed by atoms with E-state index >= 15 is 0 Å². The van der Waals surface area contributed by atoms with Crippen molar-refractivity contribution in [1.29, 1.82) is 0 Å². The summed E-state index contributed by atoms with van der Waals surface area (Å²) in [5.41, 5.74) is 4.36. The van der Waals surface area contributed by atoms with Crippen molar-refractivity contribution in [2.45, 2.75) is 20.3 Å². The molecular weight excluding hydrogens is 346 g/mol. The van der Waals surface area contributed by atoms with E-state index in [0.717, 1.165) is 33.2 Å². The van der Waals surface area contributed by atoms with Crippen LogP contribution in [0.1, 0.15) is 17.0 Å². The number of carbonyl (C=O) groups excluding carboxylic acids is 1. The molecule has 0 saturated heterocycles. The van der Waals surface area contributed by atoms with E-state index in [1.54, 1.807) is 0 Å². The molecule has 1 aromatic carbocycles. The highest BCUT2D eigenvalue weighted by atomic mass is 35.5. The van der Waals surface area contributed by atoms with E-state index in [2.05, 4.69) is 9.47 Å². The maximum absolute atomic E-state index is 11.8. The van der Waals surface area contributed by atoms with Gasteiger partial charge in [-0.3, -0.25) is 4.79 Å². The topological polar surface area (TPSA) is 57.0 Å². The van der Waals surface area contributed by atoms with Crippen molar-refractivity contribution in [1.82, 2.24) is 14.2 Å².